The van der Waals surface area contributed by atoms with E-state index in [1.807, 2.05) is 0 Å². The van der Waals surface area contributed by atoms with E-state index in [0.29, 0.717) is 13.0 Å². The van der Waals surface area contributed by atoms with E-state index in [9.17, 15) is 9.59 Å². The minimum absolute atomic E-state index is 0.0764. The molecule has 1 saturated heterocycles. The molecule has 0 aromatic carbocycles. The Balaban J connectivity index is 2.21. The zero-order chi connectivity index (χ0) is 11.3. The van der Waals surface area contributed by atoms with Crippen LogP contribution >= 0.6 is 0 Å². The topological polar surface area (TPSA) is 75.6 Å². The highest BCUT2D eigenvalue weighted by Gasteiger charge is 2.24. The molecular formula is C10H17NO4. The van der Waals surface area contributed by atoms with Crippen molar-refractivity contribution in [3.63, 3.8) is 0 Å². The molecule has 0 saturated carbocycles. The van der Waals surface area contributed by atoms with Crippen LogP contribution in [-0.4, -0.2) is 35.7 Å². The summed E-state index contributed by atoms with van der Waals surface area (Å²) in [6.45, 7) is 2.44. The van der Waals surface area contributed by atoms with E-state index in [-0.39, 0.29) is 24.5 Å². The Morgan fingerprint density at radius 3 is 2.87 bits per heavy atom. The minimum Gasteiger partial charge on any atom is -0.481 e. The van der Waals surface area contributed by atoms with E-state index in [2.05, 4.69) is 5.32 Å². The lowest BCUT2D eigenvalue weighted by Gasteiger charge is -2.15. The molecule has 1 aliphatic rings. The molecule has 1 fully saturated rings. The quantitative estimate of drug-likeness (QED) is 0.701. The molecule has 5 nitrogen and oxygen atoms in total. The molecule has 2 atom stereocenters. The molecule has 1 amide bonds. The number of amides is 1. The molecule has 15 heavy (non-hydrogen) atoms. The number of carbonyl (C=O) groups excluding carboxylic acids is 1. The van der Waals surface area contributed by atoms with Crippen molar-refractivity contribution in [2.45, 2.75) is 44.8 Å². The number of hydrogen-bond acceptors (Lipinski definition) is 3. The number of nitrogens with one attached hydrogen (secondary N) is 1. The van der Waals surface area contributed by atoms with Gasteiger partial charge in [-0.2, -0.15) is 0 Å². The predicted octanol–water partition coefficient (Wildman–Crippen LogP) is 0.535. The van der Waals surface area contributed by atoms with Crippen LogP contribution in [0.1, 0.15) is 32.6 Å². The van der Waals surface area contributed by atoms with Gasteiger partial charge in [-0.15, -0.1) is 0 Å². The smallest absolute Gasteiger partial charge is 0.303 e. The molecule has 1 rings (SSSR count). The molecule has 0 aliphatic carbocycles. The first-order chi connectivity index (χ1) is 7.09. The Labute approximate surface area is 88.8 Å². The number of carbonyl (C=O) groups is 2. The number of ether oxygens (including phenoxy) is 1. The summed E-state index contributed by atoms with van der Waals surface area (Å²) < 4.78 is 5.21. The van der Waals surface area contributed by atoms with Crippen molar-refractivity contribution in [3.8, 4) is 0 Å². The highest BCUT2D eigenvalue weighted by molar-refractivity contribution is 5.81. The van der Waals surface area contributed by atoms with E-state index in [0.717, 1.165) is 12.8 Å². The summed E-state index contributed by atoms with van der Waals surface area (Å²) in [5.41, 5.74) is 0. The van der Waals surface area contributed by atoms with Gasteiger partial charge in [-0.1, -0.05) is 0 Å². The molecule has 86 valence electrons. The molecule has 1 unspecified atom stereocenters. The predicted molar refractivity (Wildman–Crippen MR) is 53.4 cm³/mol. The van der Waals surface area contributed by atoms with Crippen molar-refractivity contribution in [1.29, 1.82) is 0 Å². The second-order valence-electron chi connectivity index (χ2n) is 3.84. The van der Waals surface area contributed by atoms with Crippen LogP contribution in [0.2, 0.25) is 0 Å². The largest absolute Gasteiger partial charge is 0.481 e. The number of aliphatic carboxylic acids is 1. The summed E-state index contributed by atoms with van der Waals surface area (Å²) in [7, 11) is 0. The summed E-state index contributed by atoms with van der Waals surface area (Å²) in [5.74, 6) is -0.960. The maximum atomic E-state index is 11.5. The van der Waals surface area contributed by atoms with E-state index in [4.69, 9.17) is 9.84 Å². The normalized spacial score (nSPS) is 22.3. The maximum Gasteiger partial charge on any atom is 0.303 e. The van der Waals surface area contributed by atoms with Crippen molar-refractivity contribution in [2.24, 2.45) is 0 Å². The van der Waals surface area contributed by atoms with Gasteiger partial charge in [0.25, 0.3) is 0 Å². The molecule has 0 bridgehead atoms. The second kappa shape index (κ2) is 5.70. The lowest BCUT2D eigenvalue weighted by Crippen LogP contribution is -2.39. The first-order valence-electron chi connectivity index (χ1n) is 5.23. The van der Waals surface area contributed by atoms with Gasteiger partial charge in [0.05, 0.1) is 0 Å². The Hall–Kier alpha value is -1.10. The molecule has 2 N–H and O–H groups in total. The van der Waals surface area contributed by atoms with Crippen molar-refractivity contribution in [1.82, 2.24) is 5.32 Å². The molecule has 0 spiro atoms. The van der Waals surface area contributed by atoms with Crippen LogP contribution in [0.5, 0.6) is 0 Å². The van der Waals surface area contributed by atoms with Crippen molar-refractivity contribution >= 4 is 11.9 Å². The number of carboxylic acids is 1. The molecule has 0 radical (unpaired) electrons. The molecular weight excluding hydrogens is 198 g/mol. The van der Waals surface area contributed by atoms with E-state index in [1.54, 1.807) is 6.92 Å². The fourth-order valence-corrected chi connectivity index (χ4v) is 1.53. The van der Waals surface area contributed by atoms with E-state index in [1.165, 1.54) is 0 Å². The SMILES string of the molecule is CC(CCC(=O)O)NC(=O)[C@H]1CCCO1. The molecule has 1 aliphatic heterocycles. The Bertz CT molecular complexity index is 236. The minimum atomic E-state index is -0.840. The molecule has 1 heterocycles. The lowest BCUT2D eigenvalue weighted by atomic mass is 10.1. The van der Waals surface area contributed by atoms with Gasteiger partial charge in [0.2, 0.25) is 5.91 Å². The standard InChI is InChI=1S/C10H17NO4/c1-7(4-5-9(12)13)11-10(14)8-3-2-6-15-8/h7-8H,2-6H2,1H3,(H,11,14)(H,12,13)/t7?,8-/m1/s1. The van der Waals surface area contributed by atoms with Crippen LogP contribution in [0, 0.1) is 0 Å². The van der Waals surface area contributed by atoms with Gasteiger partial charge in [-0.3, -0.25) is 9.59 Å². The first kappa shape index (κ1) is 12.0. The molecule has 0 aromatic heterocycles. The van der Waals surface area contributed by atoms with Gasteiger partial charge in [0, 0.05) is 19.1 Å². The summed E-state index contributed by atoms with van der Waals surface area (Å²) in [6, 6.07) is -0.113. The van der Waals surface area contributed by atoms with Gasteiger partial charge >= 0.3 is 5.97 Å². The summed E-state index contributed by atoms with van der Waals surface area (Å²) >= 11 is 0. The van der Waals surface area contributed by atoms with Gasteiger partial charge in [0.1, 0.15) is 6.10 Å². The van der Waals surface area contributed by atoms with Crippen molar-refractivity contribution in [3.05, 3.63) is 0 Å². The van der Waals surface area contributed by atoms with Crippen LogP contribution in [0.15, 0.2) is 0 Å². The van der Waals surface area contributed by atoms with Gasteiger partial charge < -0.3 is 15.2 Å². The fourth-order valence-electron chi connectivity index (χ4n) is 1.53. The lowest BCUT2D eigenvalue weighted by molar-refractivity contribution is -0.137. The van der Waals surface area contributed by atoms with Gasteiger partial charge in [-0.25, -0.2) is 0 Å². The van der Waals surface area contributed by atoms with Crippen molar-refractivity contribution < 1.29 is 19.4 Å². The molecule has 5 heteroatoms. The highest BCUT2D eigenvalue weighted by atomic mass is 16.5. The summed E-state index contributed by atoms with van der Waals surface area (Å²) in [4.78, 5) is 21.8. The van der Waals surface area contributed by atoms with Gasteiger partial charge in [-0.05, 0) is 26.2 Å². The number of rotatable bonds is 5. The van der Waals surface area contributed by atoms with Crippen molar-refractivity contribution in [2.75, 3.05) is 6.61 Å². The monoisotopic (exact) mass is 215 g/mol. The third-order valence-corrected chi connectivity index (χ3v) is 2.40. The highest BCUT2D eigenvalue weighted by Crippen LogP contribution is 2.12. The molecule has 0 aromatic rings. The average Bonchev–Trinajstić information content (AvgIpc) is 2.67. The Morgan fingerprint density at radius 2 is 2.33 bits per heavy atom. The Morgan fingerprint density at radius 1 is 1.60 bits per heavy atom. The zero-order valence-electron chi connectivity index (χ0n) is 8.86. The number of hydrogen-bond donors (Lipinski definition) is 2. The third-order valence-electron chi connectivity index (χ3n) is 2.40. The maximum absolute atomic E-state index is 11.5. The van der Waals surface area contributed by atoms with Crippen LogP contribution < -0.4 is 5.32 Å². The Kier molecular flexibility index (Phi) is 4.55. The van der Waals surface area contributed by atoms with Crippen LogP contribution in [-0.2, 0) is 14.3 Å². The first-order valence-corrected chi connectivity index (χ1v) is 5.23. The number of carboxylic acid groups (broad SMARTS) is 1. The zero-order valence-corrected chi connectivity index (χ0v) is 8.86. The van der Waals surface area contributed by atoms with Crippen LogP contribution in [0.4, 0.5) is 0 Å². The fraction of sp³-hybridized carbons (Fsp3) is 0.800. The summed E-state index contributed by atoms with van der Waals surface area (Å²) in [5, 5.41) is 11.2. The van der Waals surface area contributed by atoms with E-state index < -0.39 is 5.97 Å². The third kappa shape index (κ3) is 4.29. The summed E-state index contributed by atoms with van der Waals surface area (Å²) in [6.07, 6.45) is 1.87. The average molecular weight is 215 g/mol. The van der Waals surface area contributed by atoms with Crippen LogP contribution in [0.25, 0.3) is 0 Å². The van der Waals surface area contributed by atoms with Gasteiger partial charge in [0.15, 0.2) is 0 Å². The van der Waals surface area contributed by atoms with Crippen LogP contribution in [0.3, 0.4) is 0 Å². The second-order valence-corrected chi connectivity index (χ2v) is 3.84. The van der Waals surface area contributed by atoms with E-state index >= 15 is 0 Å².